The van der Waals surface area contributed by atoms with E-state index in [2.05, 4.69) is 17.5 Å². The van der Waals surface area contributed by atoms with Gasteiger partial charge in [-0.2, -0.15) is 0 Å². The van der Waals surface area contributed by atoms with Crippen molar-refractivity contribution in [3.05, 3.63) is 12.2 Å². The van der Waals surface area contributed by atoms with Crippen molar-refractivity contribution in [3.63, 3.8) is 0 Å². The van der Waals surface area contributed by atoms with Gasteiger partial charge in [0.25, 0.3) is 0 Å². The van der Waals surface area contributed by atoms with Crippen LogP contribution in [0.5, 0.6) is 0 Å². The zero-order chi connectivity index (χ0) is 12.1. The number of hydrogen-bond acceptors (Lipinski definition) is 2. The second kappa shape index (κ2) is 6.20. The van der Waals surface area contributed by atoms with Crippen LogP contribution < -0.4 is 5.32 Å². The molecular weight excluding hydrogens is 212 g/mol. The first kappa shape index (κ1) is 12.6. The number of nitrogens with one attached hydrogen (secondary N) is 1. The Morgan fingerprint density at radius 1 is 1.35 bits per heavy atom. The minimum Gasteiger partial charge on any atom is -0.344 e. The van der Waals surface area contributed by atoms with Gasteiger partial charge in [-0.3, -0.25) is 4.79 Å². The van der Waals surface area contributed by atoms with E-state index < -0.39 is 0 Å². The summed E-state index contributed by atoms with van der Waals surface area (Å²) in [6.07, 6.45) is 11.1. The second-order valence-electron chi connectivity index (χ2n) is 5.35. The van der Waals surface area contributed by atoms with Crippen LogP contribution in [0.2, 0.25) is 0 Å². The van der Waals surface area contributed by atoms with Crippen LogP contribution in [-0.4, -0.2) is 37.0 Å². The van der Waals surface area contributed by atoms with Crippen molar-refractivity contribution in [3.8, 4) is 0 Å². The Bertz CT molecular complexity index is 282. The number of allylic oxidation sites excluding steroid dienone is 2. The van der Waals surface area contributed by atoms with E-state index in [4.69, 9.17) is 0 Å². The number of rotatable bonds is 3. The molecule has 0 bridgehead atoms. The molecule has 96 valence electrons. The molecule has 1 heterocycles. The molecular formula is C14H24N2O. The van der Waals surface area contributed by atoms with Crippen molar-refractivity contribution in [2.24, 2.45) is 5.92 Å². The number of piperidine rings is 1. The van der Waals surface area contributed by atoms with Crippen LogP contribution in [0, 0.1) is 5.92 Å². The molecule has 0 spiro atoms. The Morgan fingerprint density at radius 3 is 2.88 bits per heavy atom. The van der Waals surface area contributed by atoms with Gasteiger partial charge in [0.1, 0.15) is 0 Å². The molecule has 1 amide bonds. The van der Waals surface area contributed by atoms with Crippen LogP contribution >= 0.6 is 0 Å². The molecule has 0 aromatic heterocycles. The van der Waals surface area contributed by atoms with Gasteiger partial charge in [0.15, 0.2) is 0 Å². The molecule has 1 aliphatic carbocycles. The highest BCUT2D eigenvalue weighted by Gasteiger charge is 2.24. The first-order valence-electron chi connectivity index (χ1n) is 6.90. The zero-order valence-electron chi connectivity index (χ0n) is 10.8. The SMILES string of the molecule is CN(CC1CCCCN1)C(=O)C1CC=CCC1. The second-order valence-corrected chi connectivity index (χ2v) is 5.35. The molecule has 17 heavy (non-hydrogen) atoms. The van der Waals surface area contributed by atoms with Crippen molar-refractivity contribution in [2.75, 3.05) is 20.1 Å². The van der Waals surface area contributed by atoms with E-state index in [1.54, 1.807) is 0 Å². The molecule has 0 radical (unpaired) electrons. The Morgan fingerprint density at radius 2 is 2.24 bits per heavy atom. The van der Waals surface area contributed by atoms with E-state index in [0.717, 1.165) is 32.4 Å². The maximum atomic E-state index is 12.2. The highest BCUT2D eigenvalue weighted by Crippen LogP contribution is 2.20. The molecule has 1 aliphatic heterocycles. The maximum Gasteiger partial charge on any atom is 0.225 e. The number of likely N-dealkylation sites (N-methyl/N-ethyl adjacent to an activating group) is 1. The lowest BCUT2D eigenvalue weighted by molar-refractivity contribution is -0.134. The van der Waals surface area contributed by atoms with Crippen LogP contribution in [0.1, 0.15) is 38.5 Å². The van der Waals surface area contributed by atoms with Gasteiger partial charge in [0, 0.05) is 25.6 Å². The van der Waals surface area contributed by atoms with Gasteiger partial charge in [-0.25, -0.2) is 0 Å². The molecule has 3 heteroatoms. The Hall–Kier alpha value is -0.830. The van der Waals surface area contributed by atoms with Crippen LogP contribution in [0.4, 0.5) is 0 Å². The summed E-state index contributed by atoms with van der Waals surface area (Å²) in [7, 11) is 1.96. The fraction of sp³-hybridized carbons (Fsp3) is 0.786. The molecule has 2 aliphatic rings. The highest BCUT2D eigenvalue weighted by atomic mass is 16.2. The standard InChI is InChI=1S/C14H24N2O/c1-16(11-13-9-5-6-10-15-13)14(17)12-7-3-2-4-8-12/h2-3,12-13,15H,4-11H2,1H3. The Balaban J connectivity index is 1.79. The highest BCUT2D eigenvalue weighted by molar-refractivity contribution is 5.79. The summed E-state index contributed by atoms with van der Waals surface area (Å²) < 4.78 is 0. The molecule has 0 saturated carbocycles. The fourth-order valence-electron chi connectivity index (χ4n) is 2.83. The Kier molecular flexibility index (Phi) is 4.60. The minimum atomic E-state index is 0.230. The van der Waals surface area contributed by atoms with Crippen molar-refractivity contribution in [1.82, 2.24) is 10.2 Å². The van der Waals surface area contributed by atoms with Gasteiger partial charge < -0.3 is 10.2 Å². The summed E-state index contributed by atoms with van der Waals surface area (Å²) in [5.74, 6) is 0.565. The van der Waals surface area contributed by atoms with Crippen LogP contribution in [0.15, 0.2) is 12.2 Å². The van der Waals surface area contributed by atoms with Gasteiger partial charge in [-0.1, -0.05) is 18.6 Å². The minimum absolute atomic E-state index is 0.230. The van der Waals surface area contributed by atoms with Gasteiger partial charge in [-0.05, 0) is 38.6 Å². The molecule has 1 fully saturated rings. The fourth-order valence-corrected chi connectivity index (χ4v) is 2.83. The van der Waals surface area contributed by atoms with Crippen LogP contribution in [0.3, 0.4) is 0 Å². The lowest BCUT2D eigenvalue weighted by Gasteiger charge is -2.30. The van der Waals surface area contributed by atoms with Crippen LogP contribution in [0.25, 0.3) is 0 Å². The lowest BCUT2D eigenvalue weighted by Crippen LogP contribution is -2.45. The van der Waals surface area contributed by atoms with Crippen molar-refractivity contribution in [1.29, 1.82) is 0 Å². The summed E-state index contributed by atoms with van der Waals surface area (Å²) in [4.78, 5) is 14.2. The molecule has 2 atom stereocenters. The summed E-state index contributed by atoms with van der Waals surface area (Å²) >= 11 is 0. The molecule has 2 unspecified atom stereocenters. The summed E-state index contributed by atoms with van der Waals surface area (Å²) in [6.45, 7) is 1.98. The quantitative estimate of drug-likeness (QED) is 0.760. The maximum absolute atomic E-state index is 12.2. The first-order chi connectivity index (χ1) is 8.27. The number of amides is 1. The smallest absolute Gasteiger partial charge is 0.225 e. The van der Waals surface area contributed by atoms with E-state index >= 15 is 0 Å². The van der Waals surface area contributed by atoms with E-state index in [1.165, 1.54) is 19.3 Å². The molecule has 3 nitrogen and oxygen atoms in total. The van der Waals surface area contributed by atoms with Crippen LogP contribution in [-0.2, 0) is 4.79 Å². The normalized spacial score (nSPS) is 29.0. The van der Waals surface area contributed by atoms with Gasteiger partial charge in [-0.15, -0.1) is 0 Å². The first-order valence-corrected chi connectivity index (χ1v) is 6.90. The molecule has 2 rings (SSSR count). The van der Waals surface area contributed by atoms with Gasteiger partial charge in [0.05, 0.1) is 0 Å². The number of carbonyl (C=O) groups excluding carboxylic acids is 1. The summed E-state index contributed by atoms with van der Waals surface area (Å²) in [5, 5.41) is 3.50. The lowest BCUT2D eigenvalue weighted by atomic mass is 9.93. The van der Waals surface area contributed by atoms with Gasteiger partial charge >= 0.3 is 0 Å². The largest absolute Gasteiger partial charge is 0.344 e. The van der Waals surface area contributed by atoms with Crippen molar-refractivity contribution in [2.45, 2.75) is 44.6 Å². The summed E-state index contributed by atoms with van der Waals surface area (Å²) in [5.41, 5.74) is 0. The monoisotopic (exact) mass is 236 g/mol. The predicted molar refractivity (Wildman–Crippen MR) is 69.8 cm³/mol. The molecule has 1 N–H and O–H groups in total. The average molecular weight is 236 g/mol. The number of carbonyl (C=O) groups is 1. The van der Waals surface area contributed by atoms with Gasteiger partial charge in [0.2, 0.25) is 5.91 Å². The molecule has 0 aromatic rings. The topological polar surface area (TPSA) is 32.3 Å². The van der Waals surface area contributed by atoms with E-state index in [9.17, 15) is 4.79 Å². The van der Waals surface area contributed by atoms with Crippen molar-refractivity contribution < 1.29 is 4.79 Å². The number of hydrogen-bond donors (Lipinski definition) is 1. The third-order valence-electron chi connectivity index (χ3n) is 3.90. The third-order valence-corrected chi connectivity index (χ3v) is 3.90. The average Bonchev–Trinajstić information content (AvgIpc) is 2.40. The zero-order valence-corrected chi connectivity index (χ0v) is 10.8. The van der Waals surface area contributed by atoms with E-state index in [-0.39, 0.29) is 5.92 Å². The van der Waals surface area contributed by atoms with E-state index in [1.807, 2.05) is 11.9 Å². The summed E-state index contributed by atoms with van der Waals surface area (Å²) in [6, 6.07) is 0.511. The van der Waals surface area contributed by atoms with E-state index in [0.29, 0.717) is 11.9 Å². The third kappa shape index (κ3) is 3.56. The predicted octanol–water partition coefficient (Wildman–Crippen LogP) is 1.94. The van der Waals surface area contributed by atoms with Crippen molar-refractivity contribution >= 4 is 5.91 Å². The molecule has 0 aromatic carbocycles. The molecule has 1 saturated heterocycles. The number of nitrogens with zero attached hydrogens (tertiary/aromatic N) is 1. The Labute approximate surface area is 104 Å².